The molecule has 3 rings (SSSR count). The Bertz CT molecular complexity index is 673. The molecule has 0 aromatic heterocycles. The molecule has 0 bridgehead atoms. The molecule has 0 aliphatic carbocycles. The molecule has 19 heavy (non-hydrogen) atoms. The summed E-state index contributed by atoms with van der Waals surface area (Å²) in [6, 6.07) is 26.7. The molecule has 92 valence electrons. The van der Waals surface area contributed by atoms with Gasteiger partial charge in [-0.25, -0.2) is 0 Å². The first kappa shape index (κ1) is 12.0. The van der Waals surface area contributed by atoms with Gasteiger partial charge >= 0.3 is 0 Å². The van der Waals surface area contributed by atoms with Gasteiger partial charge in [0.1, 0.15) is 0 Å². The lowest BCUT2D eigenvalue weighted by Gasteiger charge is -2.07. The Morgan fingerprint density at radius 3 is 1.68 bits per heavy atom. The Hall–Kier alpha value is -2.05. The Labute approximate surface area is 118 Å². The molecule has 0 saturated heterocycles. The van der Waals surface area contributed by atoms with Crippen LogP contribution < -0.4 is 0 Å². The molecule has 0 amide bonds. The largest absolute Gasteiger partial charge is 0.0836 e. The third-order valence-electron chi connectivity index (χ3n) is 3.16. The Kier molecular flexibility index (Phi) is 3.35. The van der Waals surface area contributed by atoms with Crippen LogP contribution in [0.2, 0.25) is 5.02 Å². The molecule has 0 saturated carbocycles. The van der Waals surface area contributed by atoms with Crippen molar-refractivity contribution in [1.82, 2.24) is 0 Å². The van der Waals surface area contributed by atoms with E-state index in [0.29, 0.717) is 0 Å². The molecule has 0 radical (unpaired) electrons. The lowest BCUT2D eigenvalue weighted by Crippen LogP contribution is -1.82. The summed E-state index contributed by atoms with van der Waals surface area (Å²) in [4.78, 5) is 0. The first-order valence-electron chi connectivity index (χ1n) is 6.25. The van der Waals surface area contributed by atoms with Gasteiger partial charge in [-0.2, -0.15) is 0 Å². The molecule has 0 fully saturated rings. The van der Waals surface area contributed by atoms with Gasteiger partial charge in [-0.15, -0.1) is 0 Å². The minimum absolute atomic E-state index is 0.785. The van der Waals surface area contributed by atoms with E-state index in [9.17, 15) is 0 Å². The van der Waals surface area contributed by atoms with Crippen molar-refractivity contribution < 1.29 is 0 Å². The molecule has 0 aliphatic rings. The van der Waals surface area contributed by atoms with Crippen LogP contribution in [-0.2, 0) is 0 Å². The van der Waals surface area contributed by atoms with Crippen molar-refractivity contribution in [3.05, 3.63) is 83.9 Å². The standard InChI is InChI=1S/C18H13Cl/c19-18-13-16(14-7-3-1-4-8-14)11-12-17(18)15-9-5-2-6-10-15/h1-13H. The van der Waals surface area contributed by atoms with Crippen LogP contribution in [0.1, 0.15) is 0 Å². The highest BCUT2D eigenvalue weighted by molar-refractivity contribution is 6.33. The van der Waals surface area contributed by atoms with Crippen molar-refractivity contribution in [2.45, 2.75) is 0 Å². The van der Waals surface area contributed by atoms with Crippen LogP contribution in [-0.4, -0.2) is 0 Å². The number of hydrogen-bond donors (Lipinski definition) is 0. The predicted octanol–water partition coefficient (Wildman–Crippen LogP) is 5.67. The van der Waals surface area contributed by atoms with E-state index >= 15 is 0 Å². The van der Waals surface area contributed by atoms with Gasteiger partial charge in [-0.05, 0) is 22.8 Å². The SMILES string of the molecule is Clc1cc(-c2ccccc2)ccc1-c1ccccc1. The van der Waals surface area contributed by atoms with Crippen molar-refractivity contribution in [2.24, 2.45) is 0 Å². The van der Waals surface area contributed by atoms with E-state index < -0.39 is 0 Å². The van der Waals surface area contributed by atoms with Crippen molar-refractivity contribution in [1.29, 1.82) is 0 Å². The summed E-state index contributed by atoms with van der Waals surface area (Å²) < 4.78 is 0. The molecule has 0 nitrogen and oxygen atoms in total. The van der Waals surface area contributed by atoms with Crippen LogP contribution in [0.5, 0.6) is 0 Å². The summed E-state index contributed by atoms with van der Waals surface area (Å²) >= 11 is 6.41. The molecule has 0 spiro atoms. The van der Waals surface area contributed by atoms with Crippen molar-refractivity contribution in [3.63, 3.8) is 0 Å². The van der Waals surface area contributed by atoms with Crippen LogP contribution in [0.15, 0.2) is 78.9 Å². The minimum atomic E-state index is 0.785. The van der Waals surface area contributed by atoms with E-state index in [0.717, 1.165) is 21.7 Å². The molecule has 0 atom stereocenters. The molecule has 0 aliphatic heterocycles. The number of rotatable bonds is 2. The van der Waals surface area contributed by atoms with Crippen LogP contribution in [0.3, 0.4) is 0 Å². The van der Waals surface area contributed by atoms with Crippen molar-refractivity contribution >= 4 is 11.6 Å². The second-order valence-electron chi connectivity index (χ2n) is 4.43. The summed E-state index contributed by atoms with van der Waals surface area (Å²) in [5.41, 5.74) is 4.54. The minimum Gasteiger partial charge on any atom is -0.0836 e. The van der Waals surface area contributed by atoms with Gasteiger partial charge in [-0.1, -0.05) is 84.4 Å². The average Bonchev–Trinajstić information content (AvgIpc) is 2.49. The highest BCUT2D eigenvalue weighted by atomic mass is 35.5. The zero-order chi connectivity index (χ0) is 13.1. The summed E-state index contributed by atoms with van der Waals surface area (Å²) in [6.07, 6.45) is 0. The monoisotopic (exact) mass is 264 g/mol. The van der Waals surface area contributed by atoms with Gasteiger partial charge in [0, 0.05) is 10.6 Å². The molecule has 3 aromatic carbocycles. The maximum atomic E-state index is 6.41. The molecular weight excluding hydrogens is 252 g/mol. The van der Waals surface area contributed by atoms with Gasteiger partial charge in [-0.3, -0.25) is 0 Å². The van der Waals surface area contributed by atoms with Crippen molar-refractivity contribution in [3.8, 4) is 22.3 Å². The molecule has 3 aromatic rings. The Balaban J connectivity index is 2.04. The fraction of sp³-hybridized carbons (Fsp3) is 0. The van der Waals surface area contributed by atoms with Crippen LogP contribution >= 0.6 is 11.6 Å². The number of halogens is 1. The Morgan fingerprint density at radius 2 is 1.11 bits per heavy atom. The van der Waals surface area contributed by atoms with E-state index in [1.54, 1.807) is 0 Å². The van der Waals surface area contributed by atoms with Gasteiger partial charge in [0.15, 0.2) is 0 Å². The quantitative estimate of drug-likeness (QED) is 0.559. The lowest BCUT2D eigenvalue weighted by atomic mass is 10.0. The van der Waals surface area contributed by atoms with E-state index in [2.05, 4.69) is 36.4 Å². The Morgan fingerprint density at radius 1 is 0.526 bits per heavy atom. The highest BCUT2D eigenvalue weighted by Gasteiger charge is 2.05. The van der Waals surface area contributed by atoms with Gasteiger partial charge in [0.05, 0.1) is 0 Å². The van der Waals surface area contributed by atoms with Crippen LogP contribution in [0.25, 0.3) is 22.3 Å². The van der Waals surface area contributed by atoms with Crippen LogP contribution in [0.4, 0.5) is 0 Å². The van der Waals surface area contributed by atoms with E-state index in [1.807, 2.05) is 42.5 Å². The summed E-state index contributed by atoms with van der Waals surface area (Å²) in [5, 5.41) is 0.785. The van der Waals surface area contributed by atoms with E-state index in [-0.39, 0.29) is 0 Å². The molecule has 0 heterocycles. The molecule has 1 heteroatoms. The second kappa shape index (κ2) is 5.29. The maximum absolute atomic E-state index is 6.41. The second-order valence-corrected chi connectivity index (χ2v) is 4.83. The molecule has 0 unspecified atom stereocenters. The van der Waals surface area contributed by atoms with Gasteiger partial charge < -0.3 is 0 Å². The summed E-state index contributed by atoms with van der Waals surface area (Å²) in [5.74, 6) is 0. The topological polar surface area (TPSA) is 0 Å². The smallest absolute Gasteiger partial charge is 0.0490 e. The molecule has 0 N–H and O–H groups in total. The highest BCUT2D eigenvalue weighted by Crippen LogP contribution is 2.31. The average molecular weight is 265 g/mol. The summed E-state index contributed by atoms with van der Waals surface area (Å²) in [6.45, 7) is 0. The first-order valence-corrected chi connectivity index (χ1v) is 6.63. The zero-order valence-corrected chi connectivity index (χ0v) is 11.1. The van der Waals surface area contributed by atoms with Gasteiger partial charge in [0.2, 0.25) is 0 Å². The third kappa shape index (κ3) is 2.54. The fourth-order valence-corrected chi connectivity index (χ4v) is 2.47. The van der Waals surface area contributed by atoms with E-state index in [4.69, 9.17) is 11.6 Å². The predicted molar refractivity (Wildman–Crippen MR) is 82.3 cm³/mol. The first-order chi connectivity index (χ1) is 9.34. The number of benzene rings is 3. The number of hydrogen-bond acceptors (Lipinski definition) is 0. The molecular formula is C18H13Cl. The third-order valence-corrected chi connectivity index (χ3v) is 3.47. The maximum Gasteiger partial charge on any atom is 0.0490 e. The lowest BCUT2D eigenvalue weighted by molar-refractivity contribution is 1.59. The normalized spacial score (nSPS) is 10.4. The summed E-state index contributed by atoms with van der Waals surface area (Å²) in [7, 11) is 0. The van der Waals surface area contributed by atoms with E-state index in [1.165, 1.54) is 5.56 Å². The van der Waals surface area contributed by atoms with Crippen LogP contribution in [0, 0.1) is 0 Å². The zero-order valence-electron chi connectivity index (χ0n) is 10.4. The fourth-order valence-electron chi connectivity index (χ4n) is 2.18. The van der Waals surface area contributed by atoms with Gasteiger partial charge in [0.25, 0.3) is 0 Å². The van der Waals surface area contributed by atoms with Crippen molar-refractivity contribution in [2.75, 3.05) is 0 Å².